The van der Waals surface area contributed by atoms with Crippen LogP contribution in [0.25, 0.3) is 11.5 Å². The number of carbonyl (C=O) groups excluding carboxylic acids is 1. The van der Waals surface area contributed by atoms with E-state index in [0.717, 1.165) is 24.2 Å². The normalized spacial score (nSPS) is 12.4. The highest BCUT2D eigenvalue weighted by atomic mass is 16.4. The quantitative estimate of drug-likeness (QED) is 0.798. The largest absolute Gasteiger partial charge is 0.441 e. The van der Waals surface area contributed by atoms with E-state index in [1.165, 1.54) is 0 Å². The van der Waals surface area contributed by atoms with Gasteiger partial charge in [-0.3, -0.25) is 9.69 Å². The van der Waals surface area contributed by atoms with E-state index in [2.05, 4.69) is 36.0 Å². The fourth-order valence-electron chi connectivity index (χ4n) is 2.97. The summed E-state index contributed by atoms with van der Waals surface area (Å²) in [6, 6.07) is 8.27. The summed E-state index contributed by atoms with van der Waals surface area (Å²) in [6.07, 6.45) is 0.242. The lowest BCUT2D eigenvalue weighted by atomic mass is 10.1. The van der Waals surface area contributed by atoms with E-state index >= 15 is 0 Å². The van der Waals surface area contributed by atoms with E-state index in [-0.39, 0.29) is 12.3 Å². The van der Waals surface area contributed by atoms with Gasteiger partial charge >= 0.3 is 0 Å². The maximum Gasteiger partial charge on any atom is 0.226 e. The van der Waals surface area contributed by atoms with E-state index in [0.29, 0.717) is 29.9 Å². The zero-order valence-corrected chi connectivity index (χ0v) is 15.9. The van der Waals surface area contributed by atoms with E-state index in [9.17, 15) is 4.79 Å². The maximum atomic E-state index is 12.3. The molecule has 25 heavy (non-hydrogen) atoms. The van der Waals surface area contributed by atoms with Gasteiger partial charge in [-0.25, -0.2) is 4.98 Å². The number of oxazole rings is 1. The Bertz CT molecular complexity index is 705. The molecule has 5 heteroatoms. The summed E-state index contributed by atoms with van der Waals surface area (Å²) in [6.45, 7) is 12.9. The van der Waals surface area contributed by atoms with Crippen molar-refractivity contribution in [1.29, 1.82) is 0 Å². The summed E-state index contributed by atoms with van der Waals surface area (Å²) < 4.78 is 5.78. The van der Waals surface area contributed by atoms with Crippen molar-refractivity contribution in [1.82, 2.24) is 15.2 Å². The van der Waals surface area contributed by atoms with Crippen molar-refractivity contribution < 1.29 is 9.21 Å². The third kappa shape index (κ3) is 4.92. The minimum Gasteiger partial charge on any atom is -0.441 e. The Kier molecular flexibility index (Phi) is 6.76. The summed E-state index contributed by atoms with van der Waals surface area (Å²) in [5.74, 6) is 1.26. The van der Waals surface area contributed by atoms with Crippen LogP contribution in [0.1, 0.15) is 37.8 Å². The number of hydrogen-bond donors (Lipinski definition) is 1. The molecule has 136 valence electrons. The van der Waals surface area contributed by atoms with Gasteiger partial charge in [0.2, 0.25) is 11.8 Å². The van der Waals surface area contributed by atoms with Crippen molar-refractivity contribution in [3.8, 4) is 11.5 Å². The van der Waals surface area contributed by atoms with Gasteiger partial charge in [-0.15, -0.1) is 0 Å². The van der Waals surface area contributed by atoms with Crippen LogP contribution in [0.4, 0.5) is 0 Å². The lowest BCUT2D eigenvalue weighted by Gasteiger charge is -2.26. The van der Waals surface area contributed by atoms with E-state index in [1.54, 1.807) is 0 Å². The summed E-state index contributed by atoms with van der Waals surface area (Å²) >= 11 is 0. The first kappa shape index (κ1) is 19.2. The number of likely N-dealkylation sites (N-methyl/N-ethyl adjacent to an activating group) is 1. The molecule has 0 radical (unpaired) electrons. The number of carbonyl (C=O) groups is 1. The Balaban J connectivity index is 1.99. The summed E-state index contributed by atoms with van der Waals surface area (Å²) in [5, 5.41) is 3.01. The molecule has 0 bridgehead atoms. The smallest absolute Gasteiger partial charge is 0.226 e. The Hall–Kier alpha value is -2.14. The molecule has 5 nitrogen and oxygen atoms in total. The number of nitrogens with zero attached hydrogens (tertiary/aromatic N) is 2. The Morgan fingerprint density at radius 3 is 2.56 bits per heavy atom. The lowest BCUT2D eigenvalue weighted by Crippen LogP contribution is -2.42. The number of amides is 1. The number of aryl methyl sites for hydroxylation is 2. The van der Waals surface area contributed by atoms with Crippen LogP contribution < -0.4 is 5.32 Å². The first-order chi connectivity index (χ1) is 12.0. The fraction of sp³-hybridized carbons (Fsp3) is 0.500. The van der Waals surface area contributed by atoms with Crippen LogP contribution in [0.3, 0.4) is 0 Å². The molecule has 1 heterocycles. The van der Waals surface area contributed by atoms with Crippen molar-refractivity contribution in [2.45, 2.75) is 47.1 Å². The predicted octanol–water partition coefficient (Wildman–Crippen LogP) is 3.35. The number of nitrogens with one attached hydrogen (secondary N) is 1. The highest BCUT2D eigenvalue weighted by molar-refractivity contribution is 5.78. The molecule has 0 spiro atoms. The molecule has 1 atom stereocenters. The summed E-state index contributed by atoms with van der Waals surface area (Å²) in [4.78, 5) is 19.1. The van der Waals surface area contributed by atoms with E-state index in [1.807, 2.05) is 38.1 Å². The molecule has 0 aliphatic heterocycles. The first-order valence-corrected chi connectivity index (χ1v) is 8.99. The Morgan fingerprint density at radius 1 is 1.24 bits per heavy atom. The molecule has 1 unspecified atom stereocenters. The van der Waals surface area contributed by atoms with Gasteiger partial charge in [0, 0.05) is 18.2 Å². The third-order valence-electron chi connectivity index (χ3n) is 4.63. The summed E-state index contributed by atoms with van der Waals surface area (Å²) in [5.41, 5.74) is 2.77. The minimum atomic E-state index is -0.0215. The standard InChI is InChI=1S/C20H29N3O2/c1-6-23(7-2)15(4)13-21-19(24)12-18-16(5)25-20(22-18)17-11-9-8-10-14(17)3/h8-11,15H,6-7,12-13H2,1-5H3,(H,21,24). The highest BCUT2D eigenvalue weighted by Crippen LogP contribution is 2.24. The van der Waals surface area contributed by atoms with Crippen LogP contribution in [0.15, 0.2) is 28.7 Å². The minimum absolute atomic E-state index is 0.0215. The SMILES string of the molecule is CCN(CC)C(C)CNC(=O)Cc1nc(-c2ccccc2C)oc1C. The molecule has 0 saturated heterocycles. The maximum absolute atomic E-state index is 12.3. The molecule has 1 aromatic carbocycles. The van der Waals surface area contributed by atoms with Gasteiger partial charge in [0.25, 0.3) is 0 Å². The van der Waals surface area contributed by atoms with E-state index in [4.69, 9.17) is 4.42 Å². The number of aromatic nitrogens is 1. The molecule has 0 aliphatic rings. The van der Waals surface area contributed by atoms with Gasteiger partial charge in [-0.1, -0.05) is 32.0 Å². The van der Waals surface area contributed by atoms with Crippen molar-refractivity contribution in [2.24, 2.45) is 0 Å². The topological polar surface area (TPSA) is 58.4 Å². The van der Waals surface area contributed by atoms with Gasteiger partial charge in [-0.2, -0.15) is 0 Å². The Labute approximate surface area is 150 Å². The highest BCUT2D eigenvalue weighted by Gasteiger charge is 2.17. The van der Waals surface area contributed by atoms with Crippen molar-refractivity contribution in [3.63, 3.8) is 0 Å². The molecule has 1 N–H and O–H groups in total. The van der Waals surface area contributed by atoms with Gasteiger partial charge in [0.05, 0.1) is 12.1 Å². The molecule has 2 aromatic rings. The molecule has 1 amide bonds. The van der Waals surface area contributed by atoms with Crippen LogP contribution in [0.5, 0.6) is 0 Å². The average molecular weight is 343 g/mol. The lowest BCUT2D eigenvalue weighted by molar-refractivity contribution is -0.120. The fourth-order valence-corrected chi connectivity index (χ4v) is 2.97. The molecular formula is C20H29N3O2. The molecule has 0 fully saturated rings. The van der Waals surface area contributed by atoms with Crippen LogP contribution in [-0.4, -0.2) is 41.5 Å². The van der Waals surface area contributed by atoms with Crippen LogP contribution in [-0.2, 0) is 11.2 Å². The van der Waals surface area contributed by atoms with Crippen LogP contribution >= 0.6 is 0 Å². The second-order valence-electron chi connectivity index (χ2n) is 6.39. The second-order valence-corrected chi connectivity index (χ2v) is 6.39. The number of benzene rings is 1. The predicted molar refractivity (Wildman–Crippen MR) is 101 cm³/mol. The van der Waals surface area contributed by atoms with Crippen LogP contribution in [0.2, 0.25) is 0 Å². The van der Waals surface area contributed by atoms with Gasteiger partial charge in [-0.05, 0) is 45.5 Å². The van der Waals surface area contributed by atoms with Crippen molar-refractivity contribution >= 4 is 5.91 Å². The molecule has 1 aromatic heterocycles. The second kappa shape index (κ2) is 8.81. The van der Waals surface area contributed by atoms with E-state index < -0.39 is 0 Å². The monoisotopic (exact) mass is 343 g/mol. The van der Waals surface area contributed by atoms with Gasteiger partial charge < -0.3 is 9.73 Å². The number of rotatable bonds is 8. The molecule has 2 rings (SSSR count). The molecular weight excluding hydrogens is 314 g/mol. The average Bonchev–Trinajstić information content (AvgIpc) is 2.95. The van der Waals surface area contributed by atoms with Gasteiger partial charge in [0.1, 0.15) is 5.76 Å². The van der Waals surface area contributed by atoms with Gasteiger partial charge in [0.15, 0.2) is 0 Å². The third-order valence-corrected chi connectivity index (χ3v) is 4.63. The zero-order chi connectivity index (χ0) is 18.4. The molecule has 0 saturated carbocycles. The number of hydrogen-bond acceptors (Lipinski definition) is 4. The van der Waals surface area contributed by atoms with Crippen LogP contribution in [0, 0.1) is 13.8 Å². The van der Waals surface area contributed by atoms with Crippen molar-refractivity contribution in [3.05, 3.63) is 41.3 Å². The zero-order valence-electron chi connectivity index (χ0n) is 15.9. The first-order valence-electron chi connectivity index (χ1n) is 8.99. The van der Waals surface area contributed by atoms with Crippen molar-refractivity contribution in [2.75, 3.05) is 19.6 Å². The summed E-state index contributed by atoms with van der Waals surface area (Å²) in [7, 11) is 0. The molecule has 0 aliphatic carbocycles. The Morgan fingerprint density at radius 2 is 1.92 bits per heavy atom.